The van der Waals surface area contributed by atoms with Crippen molar-refractivity contribution in [2.75, 3.05) is 33.3 Å². The van der Waals surface area contributed by atoms with Crippen LogP contribution in [0, 0.1) is 0 Å². The Morgan fingerprint density at radius 1 is 1.25 bits per heavy atom. The van der Waals surface area contributed by atoms with Crippen molar-refractivity contribution in [1.82, 2.24) is 10.2 Å². The van der Waals surface area contributed by atoms with Crippen LogP contribution in [0.2, 0.25) is 0 Å². The van der Waals surface area contributed by atoms with Gasteiger partial charge >= 0.3 is 0 Å². The van der Waals surface area contributed by atoms with Crippen molar-refractivity contribution in [1.29, 1.82) is 0 Å². The lowest BCUT2D eigenvalue weighted by Gasteiger charge is -2.43. The lowest BCUT2D eigenvalue weighted by Crippen LogP contribution is -2.60. The summed E-state index contributed by atoms with van der Waals surface area (Å²) >= 11 is 0. The maximum atomic E-state index is 5.44. The fraction of sp³-hybridized carbons (Fsp3) is 0.647. The third-order valence-electron chi connectivity index (χ3n) is 4.70. The molecule has 1 aromatic rings. The van der Waals surface area contributed by atoms with E-state index < -0.39 is 0 Å². The van der Waals surface area contributed by atoms with E-state index >= 15 is 0 Å². The SMILES string of the molecule is CCC1(CC)CN(CCc2ccccc2OC)CCN1. The molecule has 0 radical (unpaired) electrons. The van der Waals surface area contributed by atoms with Gasteiger partial charge in [-0.3, -0.25) is 4.90 Å². The highest BCUT2D eigenvalue weighted by Crippen LogP contribution is 2.22. The Balaban J connectivity index is 1.93. The molecule has 0 atom stereocenters. The second-order valence-electron chi connectivity index (χ2n) is 5.75. The van der Waals surface area contributed by atoms with E-state index in [1.807, 2.05) is 6.07 Å². The fourth-order valence-corrected chi connectivity index (χ4v) is 3.14. The normalized spacial score (nSPS) is 18.9. The summed E-state index contributed by atoms with van der Waals surface area (Å²) in [5.74, 6) is 1.01. The summed E-state index contributed by atoms with van der Waals surface area (Å²) in [5, 5.41) is 3.72. The summed E-state index contributed by atoms with van der Waals surface area (Å²) in [6, 6.07) is 8.35. The van der Waals surface area contributed by atoms with Gasteiger partial charge in [0.15, 0.2) is 0 Å². The zero-order valence-corrected chi connectivity index (χ0v) is 13.1. The Bertz CT molecular complexity index is 415. The van der Waals surface area contributed by atoms with Gasteiger partial charge in [0, 0.05) is 31.7 Å². The molecule has 0 unspecified atom stereocenters. The van der Waals surface area contributed by atoms with Gasteiger partial charge in [0.1, 0.15) is 5.75 Å². The second-order valence-corrected chi connectivity index (χ2v) is 5.75. The molecule has 3 heteroatoms. The minimum Gasteiger partial charge on any atom is -0.496 e. The van der Waals surface area contributed by atoms with Gasteiger partial charge in [0.25, 0.3) is 0 Å². The van der Waals surface area contributed by atoms with E-state index in [4.69, 9.17) is 4.74 Å². The van der Waals surface area contributed by atoms with E-state index in [1.54, 1.807) is 7.11 Å². The molecule has 0 amide bonds. The summed E-state index contributed by atoms with van der Waals surface area (Å²) in [6.07, 6.45) is 3.47. The van der Waals surface area contributed by atoms with E-state index in [1.165, 1.54) is 18.4 Å². The van der Waals surface area contributed by atoms with Crippen LogP contribution in [0.1, 0.15) is 32.3 Å². The van der Waals surface area contributed by atoms with Crippen molar-refractivity contribution >= 4 is 0 Å². The number of benzene rings is 1. The minimum atomic E-state index is 0.318. The molecule has 1 aliphatic heterocycles. The zero-order valence-electron chi connectivity index (χ0n) is 13.1. The van der Waals surface area contributed by atoms with Crippen LogP contribution in [0.3, 0.4) is 0 Å². The molecule has 1 saturated heterocycles. The molecule has 20 heavy (non-hydrogen) atoms. The van der Waals surface area contributed by atoms with Gasteiger partial charge in [0.2, 0.25) is 0 Å². The molecular formula is C17H28N2O. The summed E-state index contributed by atoms with van der Waals surface area (Å²) in [6.45, 7) is 9.11. The average molecular weight is 276 g/mol. The Hall–Kier alpha value is -1.06. The Kier molecular flexibility index (Phi) is 5.44. The second kappa shape index (κ2) is 7.09. The van der Waals surface area contributed by atoms with E-state index in [0.29, 0.717) is 5.54 Å². The Labute approximate surface area is 123 Å². The van der Waals surface area contributed by atoms with Gasteiger partial charge in [-0.15, -0.1) is 0 Å². The lowest BCUT2D eigenvalue weighted by molar-refractivity contribution is 0.125. The predicted molar refractivity (Wildman–Crippen MR) is 84.5 cm³/mol. The highest BCUT2D eigenvalue weighted by Gasteiger charge is 2.31. The molecule has 0 aliphatic carbocycles. The molecule has 0 spiro atoms. The Morgan fingerprint density at radius 2 is 2.00 bits per heavy atom. The maximum absolute atomic E-state index is 5.44. The number of hydrogen-bond donors (Lipinski definition) is 1. The van der Waals surface area contributed by atoms with Crippen LogP contribution in [0.25, 0.3) is 0 Å². The molecule has 1 aliphatic rings. The van der Waals surface area contributed by atoms with Crippen LogP contribution in [-0.2, 0) is 6.42 Å². The molecule has 2 rings (SSSR count). The number of hydrogen-bond acceptors (Lipinski definition) is 3. The van der Waals surface area contributed by atoms with Crippen LogP contribution in [-0.4, -0.2) is 43.7 Å². The van der Waals surface area contributed by atoms with Crippen molar-refractivity contribution in [3.63, 3.8) is 0 Å². The van der Waals surface area contributed by atoms with Crippen molar-refractivity contribution in [3.05, 3.63) is 29.8 Å². The summed E-state index contributed by atoms with van der Waals surface area (Å²) < 4.78 is 5.44. The van der Waals surface area contributed by atoms with Crippen LogP contribution in [0.5, 0.6) is 5.75 Å². The number of rotatable bonds is 6. The van der Waals surface area contributed by atoms with E-state index in [9.17, 15) is 0 Å². The van der Waals surface area contributed by atoms with Gasteiger partial charge in [-0.25, -0.2) is 0 Å². The predicted octanol–water partition coefficient (Wildman–Crippen LogP) is 2.70. The van der Waals surface area contributed by atoms with Crippen molar-refractivity contribution < 1.29 is 4.74 Å². The molecular weight excluding hydrogens is 248 g/mol. The summed E-state index contributed by atoms with van der Waals surface area (Å²) in [7, 11) is 1.75. The number of methoxy groups -OCH3 is 1. The van der Waals surface area contributed by atoms with E-state index in [2.05, 4.69) is 42.3 Å². The minimum absolute atomic E-state index is 0.318. The maximum Gasteiger partial charge on any atom is 0.122 e. The highest BCUT2D eigenvalue weighted by atomic mass is 16.5. The molecule has 1 fully saturated rings. The third kappa shape index (κ3) is 3.53. The fourth-order valence-electron chi connectivity index (χ4n) is 3.14. The van der Waals surface area contributed by atoms with Gasteiger partial charge in [0.05, 0.1) is 7.11 Å². The average Bonchev–Trinajstić information content (AvgIpc) is 2.53. The smallest absolute Gasteiger partial charge is 0.122 e. The first-order valence-electron chi connectivity index (χ1n) is 7.82. The molecule has 1 N–H and O–H groups in total. The highest BCUT2D eigenvalue weighted by molar-refractivity contribution is 5.33. The summed E-state index contributed by atoms with van der Waals surface area (Å²) in [4.78, 5) is 2.59. The molecule has 0 saturated carbocycles. The zero-order chi connectivity index (χ0) is 14.4. The van der Waals surface area contributed by atoms with E-state index in [-0.39, 0.29) is 0 Å². The third-order valence-corrected chi connectivity index (χ3v) is 4.70. The van der Waals surface area contributed by atoms with Gasteiger partial charge < -0.3 is 10.1 Å². The lowest BCUT2D eigenvalue weighted by atomic mass is 9.90. The molecule has 0 aromatic heterocycles. The largest absolute Gasteiger partial charge is 0.496 e. The van der Waals surface area contributed by atoms with Gasteiger partial charge in [-0.1, -0.05) is 32.0 Å². The Morgan fingerprint density at radius 3 is 2.70 bits per heavy atom. The topological polar surface area (TPSA) is 24.5 Å². The van der Waals surface area contributed by atoms with Crippen LogP contribution in [0.4, 0.5) is 0 Å². The number of para-hydroxylation sites is 1. The van der Waals surface area contributed by atoms with Crippen LogP contribution in [0.15, 0.2) is 24.3 Å². The number of nitrogens with zero attached hydrogens (tertiary/aromatic N) is 1. The molecule has 112 valence electrons. The van der Waals surface area contributed by atoms with Crippen LogP contribution < -0.4 is 10.1 Å². The molecule has 3 nitrogen and oxygen atoms in total. The van der Waals surface area contributed by atoms with Crippen LogP contribution >= 0.6 is 0 Å². The molecule has 1 heterocycles. The van der Waals surface area contributed by atoms with Gasteiger partial charge in [-0.2, -0.15) is 0 Å². The molecule has 1 aromatic carbocycles. The molecule has 0 bridgehead atoms. The quantitative estimate of drug-likeness (QED) is 0.864. The monoisotopic (exact) mass is 276 g/mol. The van der Waals surface area contributed by atoms with E-state index in [0.717, 1.165) is 38.3 Å². The first-order chi connectivity index (χ1) is 9.73. The number of piperazine rings is 1. The summed E-state index contributed by atoms with van der Waals surface area (Å²) in [5.41, 5.74) is 1.63. The first kappa shape index (κ1) is 15.3. The van der Waals surface area contributed by atoms with Crippen molar-refractivity contribution in [2.24, 2.45) is 0 Å². The standard InChI is InChI=1S/C17H28N2O/c1-4-17(5-2)14-19(13-11-18-17)12-10-15-8-6-7-9-16(15)20-3/h6-9,18H,4-5,10-14H2,1-3H3. The van der Waals surface area contributed by atoms with Crippen molar-refractivity contribution in [2.45, 2.75) is 38.6 Å². The number of ether oxygens (including phenoxy) is 1. The van der Waals surface area contributed by atoms with Gasteiger partial charge in [-0.05, 0) is 30.9 Å². The first-order valence-corrected chi connectivity index (χ1v) is 7.82. The number of nitrogens with one attached hydrogen (secondary N) is 1. The van der Waals surface area contributed by atoms with Crippen molar-refractivity contribution in [3.8, 4) is 5.75 Å².